The average Bonchev–Trinajstić information content (AvgIpc) is 2.94. The molecule has 4 heteroatoms. The van der Waals surface area contributed by atoms with E-state index in [0.29, 0.717) is 13.2 Å². The van der Waals surface area contributed by atoms with Crippen LogP contribution in [0.4, 0.5) is 4.79 Å². The molecule has 0 N–H and O–H groups in total. The van der Waals surface area contributed by atoms with Crippen LogP contribution >= 0.6 is 0 Å². The normalized spacial score (nSPS) is 13.7. The van der Waals surface area contributed by atoms with Crippen molar-refractivity contribution < 1.29 is 14.3 Å². The van der Waals surface area contributed by atoms with Crippen molar-refractivity contribution in [2.45, 2.75) is 39.5 Å². The Morgan fingerprint density at radius 3 is 2.50 bits per heavy atom. The topological polar surface area (TPSA) is 46.6 Å². The summed E-state index contributed by atoms with van der Waals surface area (Å²) in [5.74, 6) is -0.269. The largest absolute Gasteiger partial charge is 0.447 e. The van der Waals surface area contributed by atoms with Crippen molar-refractivity contribution >= 4 is 12.0 Å². The summed E-state index contributed by atoms with van der Waals surface area (Å²) in [5.41, 5.74) is 1.32. The fourth-order valence-electron chi connectivity index (χ4n) is 1.91. The zero-order valence-corrected chi connectivity index (χ0v) is 13.5. The van der Waals surface area contributed by atoms with Crippen molar-refractivity contribution in [1.29, 1.82) is 0 Å². The molecule has 1 aromatic carbocycles. The molecular formula is C18H25NO3. The highest BCUT2D eigenvalue weighted by Gasteiger charge is 2.26. The van der Waals surface area contributed by atoms with Gasteiger partial charge < -0.3 is 4.74 Å². The zero-order chi connectivity index (χ0) is 16.2. The summed E-state index contributed by atoms with van der Waals surface area (Å²) < 4.78 is 4.66. The fourth-order valence-corrected chi connectivity index (χ4v) is 1.91. The molecule has 0 saturated carbocycles. The maximum absolute atomic E-state index is 11.4. The average molecular weight is 303 g/mol. The summed E-state index contributed by atoms with van der Waals surface area (Å²) in [7, 11) is 0. The van der Waals surface area contributed by atoms with Crippen LogP contribution in [0, 0.1) is 6.92 Å². The van der Waals surface area contributed by atoms with Crippen molar-refractivity contribution in [3.05, 3.63) is 48.0 Å². The molecule has 22 heavy (non-hydrogen) atoms. The summed E-state index contributed by atoms with van der Waals surface area (Å²) in [6.07, 6.45) is 7.07. The Morgan fingerprint density at radius 2 is 2.00 bits per heavy atom. The van der Waals surface area contributed by atoms with Gasteiger partial charge in [0.25, 0.3) is 5.91 Å². The zero-order valence-electron chi connectivity index (χ0n) is 13.5. The third kappa shape index (κ3) is 7.07. The monoisotopic (exact) mass is 303 g/mol. The second kappa shape index (κ2) is 10.6. The predicted molar refractivity (Wildman–Crippen MR) is 87.5 cm³/mol. The standard InChI is InChI=1S/C11H17NO3.C7H8/c1-2-3-4-5-6-7-10(13)12-8-9-15-11(12)14;1-7-5-3-2-4-6-7/h6-7H,2-5,8-9H2,1H3;2-6H,1H3/b7-6+;. The molecule has 1 aliphatic rings. The van der Waals surface area contributed by atoms with Crippen LogP contribution in [0.3, 0.4) is 0 Å². The van der Waals surface area contributed by atoms with Crippen molar-refractivity contribution in [3.8, 4) is 0 Å². The first-order valence-electron chi connectivity index (χ1n) is 7.81. The molecule has 0 aromatic heterocycles. The molecule has 2 amide bonds. The summed E-state index contributed by atoms with van der Waals surface area (Å²) in [4.78, 5) is 23.5. The Hall–Kier alpha value is -2.10. The molecule has 0 aliphatic carbocycles. The molecule has 1 saturated heterocycles. The summed E-state index contributed by atoms with van der Waals surface area (Å²) in [5, 5.41) is 0. The lowest BCUT2D eigenvalue weighted by molar-refractivity contribution is -0.122. The third-order valence-corrected chi connectivity index (χ3v) is 3.20. The molecule has 0 atom stereocenters. The van der Waals surface area contributed by atoms with Crippen molar-refractivity contribution in [3.63, 3.8) is 0 Å². The molecule has 1 fully saturated rings. The van der Waals surface area contributed by atoms with E-state index in [0.717, 1.165) is 17.7 Å². The van der Waals surface area contributed by atoms with Crippen LogP contribution in [0.1, 0.15) is 38.2 Å². The van der Waals surface area contributed by atoms with E-state index < -0.39 is 6.09 Å². The highest BCUT2D eigenvalue weighted by Crippen LogP contribution is 2.05. The number of carbonyl (C=O) groups is 2. The lowest BCUT2D eigenvalue weighted by Crippen LogP contribution is -2.29. The summed E-state index contributed by atoms with van der Waals surface area (Å²) in [6.45, 7) is 4.90. The fraction of sp³-hybridized carbons (Fsp3) is 0.444. The molecular weight excluding hydrogens is 278 g/mol. The van der Waals surface area contributed by atoms with Crippen LogP contribution in [0.15, 0.2) is 42.5 Å². The van der Waals surface area contributed by atoms with E-state index in [1.165, 1.54) is 24.5 Å². The summed E-state index contributed by atoms with van der Waals surface area (Å²) >= 11 is 0. The van der Waals surface area contributed by atoms with Crippen LogP contribution in [0.2, 0.25) is 0 Å². The number of benzene rings is 1. The van der Waals surface area contributed by atoms with E-state index in [-0.39, 0.29) is 5.91 Å². The Morgan fingerprint density at radius 1 is 1.27 bits per heavy atom. The van der Waals surface area contributed by atoms with Gasteiger partial charge >= 0.3 is 6.09 Å². The molecule has 120 valence electrons. The van der Waals surface area contributed by atoms with Gasteiger partial charge in [-0.2, -0.15) is 0 Å². The maximum Gasteiger partial charge on any atom is 0.416 e. The van der Waals surface area contributed by atoms with E-state index in [9.17, 15) is 9.59 Å². The molecule has 0 spiro atoms. The first-order valence-corrected chi connectivity index (χ1v) is 7.81. The highest BCUT2D eigenvalue weighted by atomic mass is 16.6. The minimum absolute atomic E-state index is 0.269. The van der Waals surface area contributed by atoms with Crippen LogP contribution in [0.25, 0.3) is 0 Å². The lowest BCUT2D eigenvalue weighted by atomic mass is 10.2. The molecule has 1 aromatic rings. The van der Waals surface area contributed by atoms with Gasteiger partial charge in [-0.25, -0.2) is 9.69 Å². The smallest absolute Gasteiger partial charge is 0.416 e. The number of hydrogen-bond acceptors (Lipinski definition) is 3. The van der Waals surface area contributed by atoms with E-state index in [4.69, 9.17) is 0 Å². The molecule has 1 heterocycles. The summed E-state index contributed by atoms with van der Waals surface area (Å²) in [6, 6.07) is 10.3. The number of carbonyl (C=O) groups excluding carboxylic acids is 2. The van der Waals surface area contributed by atoms with E-state index in [1.807, 2.05) is 24.3 Å². The van der Waals surface area contributed by atoms with Gasteiger partial charge in [0.1, 0.15) is 6.61 Å². The van der Waals surface area contributed by atoms with Gasteiger partial charge in [0.2, 0.25) is 0 Å². The number of aryl methyl sites for hydroxylation is 1. The number of nitrogens with zero attached hydrogens (tertiary/aromatic N) is 1. The first-order chi connectivity index (χ1) is 10.6. The Kier molecular flexibility index (Phi) is 8.65. The first kappa shape index (κ1) is 18.0. The predicted octanol–water partition coefficient (Wildman–Crippen LogP) is 4.10. The number of rotatable bonds is 5. The Bertz CT molecular complexity index is 482. The number of hydrogen-bond donors (Lipinski definition) is 0. The molecule has 4 nitrogen and oxygen atoms in total. The SMILES string of the molecule is CCCCC/C=C/C(=O)N1CCOC1=O.Cc1ccccc1. The van der Waals surface area contributed by atoms with Crippen molar-refractivity contribution in [1.82, 2.24) is 4.90 Å². The number of allylic oxidation sites excluding steroid dienone is 1. The maximum atomic E-state index is 11.4. The Labute approximate surface area is 132 Å². The minimum Gasteiger partial charge on any atom is -0.447 e. The van der Waals surface area contributed by atoms with Gasteiger partial charge in [-0.05, 0) is 25.8 Å². The van der Waals surface area contributed by atoms with E-state index in [1.54, 1.807) is 0 Å². The second-order valence-electron chi connectivity index (χ2n) is 5.16. The van der Waals surface area contributed by atoms with E-state index >= 15 is 0 Å². The van der Waals surface area contributed by atoms with Gasteiger partial charge in [0.05, 0.1) is 6.54 Å². The minimum atomic E-state index is -0.529. The number of imide groups is 1. The van der Waals surface area contributed by atoms with Crippen LogP contribution in [0.5, 0.6) is 0 Å². The van der Waals surface area contributed by atoms with Crippen molar-refractivity contribution in [2.24, 2.45) is 0 Å². The molecule has 0 bridgehead atoms. The van der Waals surface area contributed by atoms with Crippen molar-refractivity contribution in [2.75, 3.05) is 13.2 Å². The Balaban J connectivity index is 0.000000287. The number of ether oxygens (including phenoxy) is 1. The molecule has 0 radical (unpaired) electrons. The highest BCUT2D eigenvalue weighted by molar-refractivity contribution is 5.99. The number of amides is 2. The van der Waals surface area contributed by atoms with Gasteiger partial charge in [0, 0.05) is 0 Å². The second-order valence-corrected chi connectivity index (χ2v) is 5.16. The van der Waals surface area contributed by atoms with Crippen LogP contribution in [-0.4, -0.2) is 30.1 Å². The quantitative estimate of drug-likeness (QED) is 0.608. The van der Waals surface area contributed by atoms with Crippen LogP contribution in [-0.2, 0) is 9.53 Å². The number of cyclic esters (lactones) is 1. The third-order valence-electron chi connectivity index (χ3n) is 3.20. The molecule has 0 unspecified atom stereocenters. The molecule has 2 rings (SSSR count). The molecule has 1 aliphatic heterocycles. The van der Waals surface area contributed by atoms with Gasteiger partial charge in [0.15, 0.2) is 0 Å². The number of unbranched alkanes of at least 4 members (excludes halogenated alkanes) is 3. The van der Waals surface area contributed by atoms with Gasteiger partial charge in [-0.1, -0.05) is 61.7 Å². The van der Waals surface area contributed by atoms with Gasteiger partial charge in [-0.15, -0.1) is 0 Å². The van der Waals surface area contributed by atoms with Gasteiger partial charge in [-0.3, -0.25) is 4.79 Å². The lowest BCUT2D eigenvalue weighted by Gasteiger charge is -2.06. The van der Waals surface area contributed by atoms with E-state index in [2.05, 4.69) is 30.7 Å². The van der Waals surface area contributed by atoms with Crippen LogP contribution < -0.4 is 0 Å².